The molecule has 0 radical (unpaired) electrons. The van der Waals surface area contributed by atoms with Gasteiger partial charge < -0.3 is 25.2 Å². The van der Waals surface area contributed by atoms with Crippen LogP contribution in [0.1, 0.15) is 52.0 Å². The molecule has 2 aromatic rings. The van der Waals surface area contributed by atoms with Gasteiger partial charge >= 0.3 is 5.97 Å². The number of allylic oxidation sites excluding steroid dienone is 1. The van der Waals surface area contributed by atoms with Gasteiger partial charge in [-0.25, -0.2) is 9.37 Å². The molecular weight excluding hydrogens is 543 g/mol. The molecule has 2 N–H and O–H groups in total. The molecule has 5 unspecified atom stereocenters. The van der Waals surface area contributed by atoms with Crippen molar-refractivity contribution in [3.8, 4) is 0 Å². The summed E-state index contributed by atoms with van der Waals surface area (Å²) in [5, 5.41) is 6.57. The maximum Gasteiger partial charge on any atom is 0.311 e. The second-order valence-electron chi connectivity index (χ2n) is 13.8. The molecule has 3 aliphatic carbocycles. The molecular formula is C34H47FN6O2. The van der Waals surface area contributed by atoms with Gasteiger partial charge in [-0.2, -0.15) is 4.98 Å². The number of rotatable bonds is 8. The summed E-state index contributed by atoms with van der Waals surface area (Å²) < 4.78 is 21.4. The first-order chi connectivity index (χ1) is 20.7. The molecule has 9 heteroatoms. The Kier molecular flexibility index (Phi) is 8.63. The molecule has 7 atom stereocenters. The Balaban J connectivity index is 1.15. The smallest absolute Gasteiger partial charge is 0.311 e. The van der Waals surface area contributed by atoms with Crippen molar-refractivity contribution >= 4 is 29.1 Å². The predicted octanol–water partition coefficient (Wildman–Crippen LogP) is 6.03. The van der Waals surface area contributed by atoms with Crippen molar-refractivity contribution in [3.63, 3.8) is 0 Å². The quantitative estimate of drug-likeness (QED) is 0.285. The highest BCUT2D eigenvalue weighted by atomic mass is 19.1. The third-order valence-corrected chi connectivity index (χ3v) is 10.3. The molecule has 0 spiro atoms. The second kappa shape index (κ2) is 12.4. The number of fused-ring (bicyclic) bond motifs is 2. The first-order valence-corrected chi connectivity index (χ1v) is 16.1. The number of nitrogens with one attached hydrogen (secondary N) is 2. The second-order valence-corrected chi connectivity index (χ2v) is 13.8. The third kappa shape index (κ3) is 6.37. The number of aromatic nitrogens is 2. The fourth-order valence-corrected chi connectivity index (χ4v) is 7.77. The van der Waals surface area contributed by atoms with Crippen LogP contribution in [0.15, 0.2) is 36.5 Å². The zero-order valence-electron chi connectivity index (χ0n) is 26.2. The Morgan fingerprint density at radius 3 is 2.60 bits per heavy atom. The van der Waals surface area contributed by atoms with Crippen LogP contribution in [0.4, 0.5) is 27.5 Å². The Morgan fingerprint density at radius 2 is 1.86 bits per heavy atom. The van der Waals surface area contributed by atoms with Crippen molar-refractivity contribution in [2.24, 2.45) is 35.5 Å². The molecule has 1 aromatic carbocycles. The van der Waals surface area contributed by atoms with E-state index in [0.717, 1.165) is 56.7 Å². The number of aryl methyl sites for hydroxylation is 1. The minimum atomic E-state index is -0.535. The minimum Gasteiger partial charge on any atom is -0.462 e. The number of ether oxygens (including phenoxy) is 1. The first-order valence-electron chi connectivity index (χ1n) is 16.1. The molecule has 2 saturated carbocycles. The summed E-state index contributed by atoms with van der Waals surface area (Å²) in [7, 11) is 2.16. The van der Waals surface area contributed by atoms with E-state index in [2.05, 4.69) is 89.4 Å². The number of esters is 1. The normalized spacial score (nSPS) is 30.6. The molecule has 8 nitrogen and oxygen atoms in total. The van der Waals surface area contributed by atoms with Gasteiger partial charge in [-0.1, -0.05) is 39.3 Å². The number of carbonyl (C=O) groups is 1. The topological polar surface area (TPSA) is 82.6 Å². The molecule has 1 aromatic heterocycles. The number of nitrogens with zero attached hydrogens (tertiary/aromatic N) is 4. The van der Waals surface area contributed by atoms with Crippen molar-refractivity contribution in [2.45, 2.75) is 65.5 Å². The lowest BCUT2D eigenvalue weighted by Gasteiger charge is -2.38. The summed E-state index contributed by atoms with van der Waals surface area (Å²) in [4.78, 5) is 27.2. The zero-order chi connectivity index (χ0) is 30.2. The van der Waals surface area contributed by atoms with E-state index in [0.29, 0.717) is 23.7 Å². The first kappa shape index (κ1) is 29.9. The van der Waals surface area contributed by atoms with Crippen LogP contribution in [-0.2, 0) is 9.53 Å². The maximum absolute atomic E-state index is 15.1. The summed E-state index contributed by atoms with van der Waals surface area (Å²) >= 11 is 0. The monoisotopic (exact) mass is 590 g/mol. The molecule has 4 aliphatic rings. The van der Waals surface area contributed by atoms with Crippen LogP contribution in [0, 0.1) is 48.2 Å². The van der Waals surface area contributed by atoms with E-state index in [9.17, 15) is 4.79 Å². The van der Waals surface area contributed by atoms with E-state index in [1.165, 1.54) is 18.3 Å². The third-order valence-electron chi connectivity index (χ3n) is 10.3. The molecule has 2 heterocycles. The summed E-state index contributed by atoms with van der Waals surface area (Å²) in [6, 6.07) is 5.95. The molecule has 6 rings (SSSR count). The summed E-state index contributed by atoms with van der Waals surface area (Å²) in [5.74, 6) is 0.976. The number of hydrogen-bond acceptors (Lipinski definition) is 8. The van der Waals surface area contributed by atoms with Crippen molar-refractivity contribution in [1.29, 1.82) is 0 Å². The Bertz CT molecular complexity index is 1340. The molecule has 3 fully saturated rings. The SMILES string of the molecule is Cc1cc(Nc2ncc(F)c(NC3C4C=CC(C4)C3C(=O)OC3C[C@@H](C)CC[C@@H]3C(C)C)n2)ccc1N1CCN(C)CC1. The van der Waals surface area contributed by atoms with Crippen LogP contribution in [-0.4, -0.2) is 66.2 Å². The van der Waals surface area contributed by atoms with Crippen LogP contribution in [0.2, 0.25) is 0 Å². The van der Waals surface area contributed by atoms with Gasteiger partial charge in [0.15, 0.2) is 11.6 Å². The standard InChI is InChI=1S/C34H47FN6O2/c1-20(2)26-10-6-21(3)16-29(26)43-33(42)30-23-7-8-24(18-23)31(30)38-32-27(35)19-36-34(39-32)37-25-9-11-28(22(4)17-25)41-14-12-40(5)13-15-41/h7-9,11,17,19-21,23-24,26,29-31H,6,10,12-16,18H2,1-5H3,(H2,36,37,38,39)/t21-,23?,24?,26+,29?,30?,31?/m0/s1. The number of halogens is 1. The summed E-state index contributed by atoms with van der Waals surface area (Å²) in [5.41, 5.74) is 3.24. The van der Waals surface area contributed by atoms with Crippen LogP contribution < -0.4 is 15.5 Å². The van der Waals surface area contributed by atoms with Gasteiger partial charge in [-0.05, 0) is 86.6 Å². The lowest BCUT2D eigenvalue weighted by Crippen LogP contribution is -2.44. The van der Waals surface area contributed by atoms with E-state index in [4.69, 9.17) is 4.74 Å². The Morgan fingerprint density at radius 1 is 1.09 bits per heavy atom. The molecule has 0 amide bonds. The van der Waals surface area contributed by atoms with Crippen LogP contribution >= 0.6 is 0 Å². The van der Waals surface area contributed by atoms with Gasteiger partial charge in [-0.15, -0.1) is 0 Å². The van der Waals surface area contributed by atoms with Gasteiger partial charge in [-0.3, -0.25) is 4.79 Å². The van der Waals surface area contributed by atoms with Crippen molar-refractivity contribution < 1.29 is 13.9 Å². The predicted molar refractivity (Wildman–Crippen MR) is 169 cm³/mol. The number of hydrogen-bond donors (Lipinski definition) is 2. The van der Waals surface area contributed by atoms with Gasteiger partial charge in [0.1, 0.15) is 6.10 Å². The average Bonchev–Trinajstić information content (AvgIpc) is 3.58. The van der Waals surface area contributed by atoms with Gasteiger partial charge in [0.25, 0.3) is 0 Å². The van der Waals surface area contributed by atoms with E-state index >= 15 is 4.39 Å². The van der Waals surface area contributed by atoms with E-state index < -0.39 is 5.82 Å². The highest BCUT2D eigenvalue weighted by Gasteiger charge is 2.50. The largest absolute Gasteiger partial charge is 0.462 e. The van der Waals surface area contributed by atoms with Crippen molar-refractivity contribution in [1.82, 2.24) is 14.9 Å². The molecule has 232 valence electrons. The molecule has 2 bridgehead atoms. The molecule has 43 heavy (non-hydrogen) atoms. The van der Waals surface area contributed by atoms with Crippen LogP contribution in [0.3, 0.4) is 0 Å². The number of piperazine rings is 1. The summed E-state index contributed by atoms with van der Waals surface area (Å²) in [6.45, 7) is 12.9. The van der Waals surface area contributed by atoms with Crippen LogP contribution in [0.25, 0.3) is 0 Å². The van der Waals surface area contributed by atoms with Gasteiger partial charge in [0.05, 0.1) is 12.1 Å². The van der Waals surface area contributed by atoms with Gasteiger partial charge in [0.2, 0.25) is 5.95 Å². The fourth-order valence-electron chi connectivity index (χ4n) is 7.77. The number of anilines is 4. The number of benzene rings is 1. The highest BCUT2D eigenvalue weighted by Crippen LogP contribution is 2.46. The minimum absolute atomic E-state index is 0.0577. The van der Waals surface area contributed by atoms with Crippen molar-refractivity contribution in [3.05, 3.63) is 47.9 Å². The zero-order valence-corrected chi connectivity index (χ0v) is 26.2. The lowest BCUT2D eigenvalue weighted by molar-refractivity contribution is -0.162. The van der Waals surface area contributed by atoms with E-state index in [1.807, 2.05) is 6.07 Å². The fraction of sp³-hybridized carbons (Fsp3) is 0.618. The lowest BCUT2D eigenvalue weighted by atomic mass is 9.75. The highest BCUT2D eigenvalue weighted by molar-refractivity contribution is 5.76. The van der Waals surface area contributed by atoms with Crippen molar-refractivity contribution in [2.75, 3.05) is 48.8 Å². The summed E-state index contributed by atoms with van der Waals surface area (Å²) in [6.07, 6.45) is 9.46. The molecule has 1 saturated heterocycles. The maximum atomic E-state index is 15.1. The number of carbonyl (C=O) groups excluding carboxylic acids is 1. The number of likely N-dealkylation sites (N-methyl/N-ethyl adjacent to an activating group) is 1. The molecule has 1 aliphatic heterocycles. The Labute approximate surface area is 255 Å². The van der Waals surface area contributed by atoms with Gasteiger partial charge in [0, 0.05) is 43.6 Å². The Hall–Kier alpha value is -3.20. The average molecular weight is 591 g/mol. The van der Waals surface area contributed by atoms with E-state index in [-0.39, 0.29) is 41.7 Å². The van der Waals surface area contributed by atoms with E-state index in [1.54, 1.807) is 0 Å². The van der Waals surface area contributed by atoms with Crippen LogP contribution in [0.5, 0.6) is 0 Å².